The normalized spacial score (nSPS) is 10.0. The van der Waals surface area contributed by atoms with Crippen LogP contribution in [0.25, 0.3) is 0 Å². The average molecular weight is 158 g/mol. The number of rotatable bonds is 4. The Morgan fingerprint density at radius 1 is 1.60 bits per heavy atom. The molecule has 0 amide bonds. The lowest BCUT2D eigenvalue weighted by Gasteiger charge is -2.02. The number of carbonyl (C=O) groups excluding carboxylic acids is 1. The van der Waals surface area contributed by atoms with E-state index < -0.39 is 0 Å². The molecule has 1 nitrogen and oxygen atoms in total. The van der Waals surface area contributed by atoms with Gasteiger partial charge in [-0.3, -0.25) is 4.79 Å². The van der Waals surface area contributed by atoms with Gasteiger partial charge in [-0.1, -0.05) is 20.4 Å². The van der Waals surface area contributed by atoms with E-state index in [2.05, 4.69) is 20.4 Å². The fourth-order valence-corrected chi connectivity index (χ4v) is 1.10. The van der Waals surface area contributed by atoms with Crippen LogP contribution in [0.5, 0.6) is 0 Å². The van der Waals surface area contributed by atoms with Gasteiger partial charge in [0.25, 0.3) is 0 Å². The van der Waals surface area contributed by atoms with Crippen molar-refractivity contribution < 1.29 is 4.79 Å². The molecule has 0 heterocycles. The van der Waals surface area contributed by atoms with Crippen LogP contribution in [0.3, 0.4) is 0 Å². The average Bonchev–Trinajstić information content (AvgIpc) is 1.82. The fraction of sp³-hybridized carbons (Fsp3) is 0.625. The number of Topliss-reactive ketones (excluding diaryl/α,β-unsaturated/α-hetero) is 1. The SMILES string of the molecule is C=C(C)C(=O)CSC(C)C. The maximum atomic E-state index is 10.9. The summed E-state index contributed by atoms with van der Waals surface area (Å²) in [5.74, 6) is 0.742. The molecule has 0 bridgehead atoms. The van der Waals surface area contributed by atoms with Crippen LogP contribution in [0, 0.1) is 0 Å². The first-order valence-corrected chi connectivity index (χ1v) is 4.39. The zero-order valence-electron chi connectivity index (χ0n) is 6.81. The summed E-state index contributed by atoms with van der Waals surface area (Å²) < 4.78 is 0. The van der Waals surface area contributed by atoms with E-state index >= 15 is 0 Å². The highest BCUT2D eigenvalue weighted by Crippen LogP contribution is 2.10. The van der Waals surface area contributed by atoms with Crippen molar-refractivity contribution >= 4 is 17.5 Å². The smallest absolute Gasteiger partial charge is 0.167 e. The molecule has 0 saturated carbocycles. The van der Waals surface area contributed by atoms with Gasteiger partial charge >= 0.3 is 0 Å². The topological polar surface area (TPSA) is 17.1 Å². The van der Waals surface area contributed by atoms with Crippen LogP contribution in [0.2, 0.25) is 0 Å². The lowest BCUT2D eigenvalue weighted by Crippen LogP contribution is -2.04. The lowest BCUT2D eigenvalue weighted by atomic mass is 10.2. The number of hydrogen-bond donors (Lipinski definition) is 0. The Morgan fingerprint density at radius 3 is 2.40 bits per heavy atom. The molecule has 58 valence electrons. The molecule has 0 aromatic rings. The van der Waals surface area contributed by atoms with Crippen molar-refractivity contribution in [2.45, 2.75) is 26.0 Å². The molecule has 0 aromatic heterocycles. The largest absolute Gasteiger partial charge is 0.294 e. The van der Waals surface area contributed by atoms with Crippen LogP contribution in [0.15, 0.2) is 12.2 Å². The molecule has 0 spiro atoms. The summed E-state index contributed by atoms with van der Waals surface area (Å²) in [7, 11) is 0. The Bertz CT molecular complexity index is 138. The predicted octanol–water partition coefficient (Wildman–Crippen LogP) is 2.27. The minimum Gasteiger partial charge on any atom is -0.294 e. The van der Waals surface area contributed by atoms with Gasteiger partial charge in [0.05, 0.1) is 5.75 Å². The van der Waals surface area contributed by atoms with Crippen molar-refractivity contribution in [3.8, 4) is 0 Å². The molecule has 0 unspecified atom stereocenters. The Hall–Kier alpha value is -0.240. The van der Waals surface area contributed by atoms with Crippen molar-refractivity contribution in [1.82, 2.24) is 0 Å². The summed E-state index contributed by atoms with van der Waals surface area (Å²) in [4.78, 5) is 10.9. The molecule has 0 atom stereocenters. The third-order valence-electron chi connectivity index (χ3n) is 1.02. The number of ketones is 1. The number of thioether (sulfide) groups is 1. The van der Waals surface area contributed by atoms with E-state index in [4.69, 9.17) is 0 Å². The van der Waals surface area contributed by atoms with Crippen LogP contribution in [-0.2, 0) is 4.79 Å². The molecule has 2 heteroatoms. The molecule has 0 radical (unpaired) electrons. The highest BCUT2D eigenvalue weighted by molar-refractivity contribution is 8.00. The van der Waals surface area contributed by atoms with Gasteiger partial charge < -0.3 is 0 Å². The van der Waals surface area contributed by atoms with Crippen LogP contribution in [0.1, 0.15) is 20.8 Å². The van der Waals surface area contributed by atoms with Gasteiger partial charge in [0, 0.05) is 0 Å². The van der Waals surface area contributed by atoms with Crippen LogP contribution in [-0.4, -0.2) is 16.8 Å². The first-order valence-electron chi connectivity index (χ1n) is 3.34. The lowest BCUT2D eigenvalue weighted by molar-refractivity contribution is -0.113. The van der Waals surface area contributed by atoms with Crippen LogP contribution < -0.4 is 0 Å². The van der Waals surface area contributed by atoms with E-state index in [9.17, 15) is 4.79 Å². The van der Waals surface area contributed by atoms with E-state index in [0.29, 0.717) is 16.6 Å². The van der Waals surface area contributed by atoms with E-state index in [-0.39, 0.29) is 5.78 Å². The fourth-order valence-electron chi connectivity index (χ4n) is 0.366. The molecule has 0 saturated heterocycles. The van der Waals surface area contributed by atoms with Crippen molar-refractivity contribution in [2.75, 3.05) is 5.75 Å². The second-order valence-corrected chi connectivity index (χ2v) is 4.13. The molecule has 0 rings (SSSR count). The minimum atomic E-state index is 0.165. The number of allylic oxidation sites excluding steroid dienone is 1. The zero-order chi connectivity index (χ0) is 8.15. The first kappa shape index (κ1) is 9.76. The van der Waals surface area contributed by atoms with Gasteiger partial charge in [0.15, 0.2) is 5.78 Å². The molecule has 0 aromatic carbocycles. The molecule has 10 heavy (non-hydrogen) atoms. The molecular formula is C8H14OS. The van der Waals surface area contributed by atoms with Gasteiger partial charge in [-0.2, -0.15) is 11.8 Å². The Balaban J connectivity index is 3.50. The van der Waals surface area contributed by atoms with Crippen LogP contribution in [0.4, 0.5) is 0 Å². The quantitative estimate of drug-likeness (QED) is 0.584. The zero-order valence-corrected chi connectivity index (χ0v) is 7.62. The Morgan fingerprint density at radius 2 is 2.10 bits per heavy atom. The first-order chi connectivity index (χ1) is 4.54. The van der Waals surface area contributed by atoms with Gasteiger partial charge in [-0.25, -0.2) is 0 Å². The van der Waals surface area contributed by atoms with E-state index in [1.807, 2.05) is 0 Å². The van der Waals surface area contributed by atoms with E-state index in [0.717, 1.165) is 0 Å². The van der Waals surface area contributed by atoms with E-state index in [1.54, 1.807) is 18.7 Å². The summed E-state index contributed by atoms with van der Waals surface area (Å²) in [5, 5.41) is 0.531. The molecule has 0 aliphatic heterocycles. The summed E-state index contributed by atoms with van der Waals surface area (Å²) in [6, 6.07) is 0. The highest BCUT2D eigenvalue weighted by atomic mass is 32.2. The molecule has 0 N–H and O–H groups in total. The monoisotopic (exact) mass is 158 g/mol. The van der Waals surface area contributed by atoms with Crippen LogP contribution >= 0.6 is 11.8 Å². The summed E-state index contributed by atoms with van der Waals surface area (Å²) in [6.45, 7) is 9.48. The Kier molecular flexibility index (Phi) is 4.45. The highest BCUT2D eigenvalue weighted by Gasteiger charge is 2.02. The summed E-state index contributed by atoms with van der Waals surface area (Å²) >= 11 is 1.66. The molecular weight excluding hydrogens is 144 g/mol. The van der Waals surface area contributed by atoms with Gasteiger partial charge in [-0.15, -0.1) is 0 Å². The van der Waals surface area contributed by atoms with Gasteiger partial charge in [0.2, 0.25) is 0 Å². The Labute approximate surface area is 66.9 Å². The summed E-state index contributed by atoms with van der Waals surface area (Å²) in [5.41, 5.74) is 0.660. The second kappa shape index (κ2) is 4.56. The van der Waals surface area contributed by atoms with Crippen molar-refractivity contribution in [3.05, 3.63) is 12.2 Å². The minimum absolute atomic E-state index is 0.165. The molecule has 0 fully saturated rings. The number of carbonyl (C=O) groups is 1. The number of hydrogen-bond acceptors (Lipinski definition) is 2. The maximum Gasteiger partial charge on any atom is 0.167 e. The van der Waals surface area contributed by atoms with Gasteiger partial charge in [0.1, 0.15) is 0 Å². The van der Waals surface area contributed by atoms with Crippen molar-refractivity contribution in [3.63, 3.8) is 0 Å². The second-order valence-electron chi connectivity index (χ2n) is 2.56. The van der Waals surface area contributed by atoms with E-state index in [1.165, 1.54) is 0 Å². The maximum absolute atomic E-state index is 10.9. The standard InChI is InChI=1S/C8H14OS/c1-6(2)8(9)5-10-7(3)4/h7H,1,5H2,2-4H3. The summed E-state index contributed by atoms with van der Waals surface area (Å²) in [6.07, 6.45) is 0. The van der Waals surface area contributed by atoms with Crippen molar-refractivity contribution in [1.29, 1.82) is 0 Å². The van der Waals surface area contributed by atoms with Crippen molar-refractivity contribution in [2.24, 2.45) is 0 Å². The van der Waals surface area contributed by atoms with Gasteiger partial charge in [-0.05, 0) is 17.7 Å². The third-order valence-corrected chi connectivity index (χ3v) is 2.12. The third kappa shape index (κ3) is 4.62. The predicted molar refractivity (Wildman–Crippen MR) is 47.4 cm³/mol. The molecule has 0 aliphatic carbocycles. The molecule has 0 aliphatic rings.